The lowest BCUT2D eigenvalue weighted by Gasteiger charge is -2.23. The minimum absolute atomic E-state index is 0.0601. The molecule has 0 aliphatic heterocycles. The van der Waals surface area contributed by atoms with Gasteiger partial charge in [0.1, 0.15) is 0 Å². The van der Waals surface area contributed by atoms with Crippen LogP contribution in [0.3, 0.4) is 0 Å². The monoisotopic (exact) mass is 330 g/mol. The summed E-state index contributed by atoms with van der Waals surface area (Å²) in [5.74, 6) is -0.0756. The molecule has 0 aromatic heterocycles. The molecule has 1 fully saturated rings. The predicted octanol–water partition coefficient (Wildman–Crippen LogP) is 2.81. The highest BCUT2D eigenvalue weighted by molar-refractivity contribution is 7.89. The summed E-state index contributed by atoms with van der Waals surface area (Å²) in [4.78, 5) is 12.3. The quantitative estimate of drug-likeness (QED) is 0.893. The fourth-order valence-electron chi connectivity index (χ4n) is 2.68. The smallest absolute Gasteiger partial charge is 0.238 e. The van der Waals surface area contributed by atoms with E-state index >= 15 is 0 Å². The molecule has 0 bridgehead atoms. The number of benzene rings is 1. The third-order valence-corrected chi connectivity index (χ3v) is 5.27. The molecule has 0 heterocycles. The van der Waals surface area contributed by atoms with Crippen LogP contribution in [0.25, 0.3) is 0 Å². The Morgan fingerprint density at radius 3 is 2.38 bits per heavy atom. The zero-order valence-electron chi connectivity index (χ0n) is 12.1. The summed E-state index contributed by atoms with van der Waals surface area (Å²) in [6, 6.07) is 2.67. The van der Waals surface area contributed by atoms with E-state index < -0.39 is 10.0 Å². The lowest BCUT2D eigenvalue weighted by atomic mass is 9.87. The van der Waals surface area contributed by atoms with Crippen molar-refractivity contribution >= 4 is 33.2 Å². The summed E-state index contributed by atoms with van der Waals surface area (Å²) in [7, 11) is -3.82. The van der Waals surface area contributed by atoms with E-state index in [4.69, 9.17) is 16.7 Å². The average Bonchev–Trinajstić information content (AvgIpc) is 2.80. The second kappa shape index (κ2) is 5.59. The van der Waals surface area contributed by atoms with Crippen LogP contribution in [0.15, 0.2) is 17.0 Å². The van der Waals surface area contributed by atoms with Gasteiger partial charge in [0.25, 0.3) is 0 Å². The molecule has 1 aliphatic carbocycles. The predicted molar refractivity (Wildman–Crippen MR) is 82.8 cm³/mol. The van der Waals surface area contributed by atoms with Crippen molar-refractivity contribution in [2.24, 2.45) is 10.6 Å². The van der Waals surface area contributed by atoms with Gasteiger partial charge in [0.05, 0.1) is 15.6 Å². The number of carbonyl (C=O) groups excluding carboxylic acids is 1. The molecule has 0 unspecified atom stereocenters. The Morgan fingerprint density at radius 2 is 1.90 bits per heavy atom. The van der Waals surface area contributed by atoms with Gasteiger partial charge < -0.3 is 5.32 Å². The second-order valence-electron chi connectivity index (χ2n) is 5.86. The largest absolute Gasteiger partial charge is 0.324 e. The second-order valence-corrected chi connectivity index (χ2v) is 7.83. The molecule has 1 saturated carbocycles. The molecule has 116 valence electrons. The Morgan fingerprint density at radius 1 is 1.33 bits per heavy atom. The number of nitrogens with two attached hydrogens (primary N) is 1. The van der Waals surface area contributed by atoms with Crippen molar-refractivity contribution in [3.8, 4) is 0 Å². The van der Waals surface area contributed by atoms with Gasteiger partial charge in [-0.05, 0) is 37.5 Å². The molecule has 2 rings (SSSR count). The lowest BCUT2D eigenvalue weighted by Crippen LogP contribution is -2.31. The van der Waals surface area contributed by atoms with Gasteiger partial charge in [-0.15, -0.1) is 0 Å². The standard InChI is InChI=1S/C14H19ClN2O3S/c1-9-7-10(21(16,19)20)8-11(15)12(9)17-13(18)14(2)5-3-4-6-14/h7-8H,3-6H2,1-2H3,(H,17,18)(H2,16,19,20). The summed E-state index contributed by atoms with van der Waals surface area (Å²) >= 11 is 6.10. The number of primary sulfonamides is 1. The number of nitrogens with one attached hydrogen (secondary N) is 1. The summed E-state index contributed by atoms with van der Waals surface area (Å²) in [5, 5.41) is 8.10. The number of sulfonamides is 1. The van der Waals surface area contributed by atoms with Gasteiger partial charge >= 0.3 is 0 Å². The SMILES string of the molecule is Cc1cc(S(N)(=O)=O)cc(Cl)c1NC(=O)C1(C)CCCC1. The zero-order valence-corrected chi connectivity index (χ0v) is 13.6. The molecule has 1 aromatic carbocycles. The van der Waals surface area contributed by atoms with E-state index in [1.54, 1.807) is 6.92 Å². The van der Waals surface area contributed by atoms with Crippen molar-refractivity contribution in [3.63, 3.8) is 0 Å². The van der Waals surface area contributed by atoms with E-state index in [-0.39, 0.29) is 21.2 Å². The Hall–Kier alpha value is -1.11. The van der Waals surface area contributed by atoms with E-state index in [2.05, 4.69) is 5.32 Å². The highest BCUT2D eigenvalue weighted by atomic mass is 35.5. The van der Waals surface area contributed by atoms with Crippen molar-refractivity contribution in [3.05, 3.63) is 22.7 Å². The lowest BCUT2D eigenvalue weighted by molar-refractivity contribution is -0.124. The van der Waals surface area contributed by atoms with Gasteiger partial charge in [-0.1, -0.05) is 31.4 Å². The third-order valence-electron chi connectivity index (χ3n) is 4.08. The van der Waals surface area contributed by atoms with Crippen molar-refractivity contribution < 1.29 is 13.2 Å². The maximum atomic E-state index is 12.4. The molecule has 0 atom stereocenters. The molecule has 0 saturated heterocycles. The maximum absolute atomic E-state index is 12.4. The number of rotatable bonds is 3. The Bertz CT molecular complexity index is 656. The number of aryl methyl sites for hydroxylation is 1. The molecule has 5 nitrogen and oxygen atoms in total. The van der Waals surface area contributed by atoms with Gasteiger partial charge in [0.2, 0.25) is 15.9 Å². The fraction of sp³-hybridized carbons (Fsp3) is 0.500. The van der Waals surface area contributed by atoms with Crippen molar-refractivity contribution in [1.29, 1.82) is 0 Å². The maximum Gasteiger partial charge on any atom is 0.238 e. The van der Waals surface area contributed by atoms with Crippen LogP contribution < -0.4 is 10.5 Å². The number of hydrogen-bond acceptors (Lipinski definition) is 3. The molecule has 0 radical (unpaired) electrons. The molecule has 3 N–H and O–H groups in total. The molecule has 1 amide bonds. The van der Waals surface area contributed by atoms with Crippen molar-refractivity contribution in [2.45, 2.75) is 44.4 Å². The van der Waals surface area contributed by atoms with Gasteiger partial charge in [0, 0.05) is 5.41 Å². The fourth-order valence-corrected chi connectivity index (χ4v) is 3.68. The van der Waals surface area contributed by atoms with E-state index in [1.165, 1.54) is 12.1 Å². The summed E-state index contributed by atoms with van der Waals surface area (Å²) < 4.78 is 22.7. The third kappa shape index (κ3) is 3.39. The van der Waals surface area contributed by atoms with E-state index in [0.29, 0.717) is 11.3 Å². The molecular weight excluding hydrogens is 312 g/mol. The summed E-state index contributed by atoms with van der Waals surface area (Å²) in [5.41, 5.74) is 0.637. The highest BCUT2D eigenvalue weighted by Crippen LogP contribution is 2.39. The average molecular weight is 331 g/mol. The van der Waals surface area contributed by atoms with E-state index in [1.807, 2.05) is 6.92 Å². The van der Waals surface area contributed by atoms with Gasteiger partial charge in [-0.3, -0.25) is 4.79 Å². The first-order valence-electron chi connectivity index (χ1n) is 6.78. The van der Waals surface area contributed by atoms with Crippen LogP contribution in [0.1, 0.15) is 38.2 Å². The Balaban J connectivity index is 2.31. The molecule has 7 heteroatoms. The van der Waals surface area contributed by atoms with Crippen LogP contribution >= 0.6 is 11.6 Å². The Kier molecular flexibility index (Phi) is 4.33. The zero-order chi connectivity index (χ0) is 15.8. The molecule has 1 aliphatic rings. The number of anilines is 1. The van der Waals surface area contributed by atoms with E-state index in [9.17, 15) is 13.2 Å². The Labute approximate surface area is 129 Å². The molecule has 21 heavy (non-hydrogen) atoms. The highest BCUT2D eigenvalue weighted by Gasteiger charge is 2.36. The first-order chi connectivity index (χ1) is 9.63. The van der Waals surface area contributed by atoms with Crippen LogP contribution in [-0.2, 0) is 14.8 Å². The van der Waals surface area contributed by atoms with Gasteiger partial charge in [-0.2, -0.15) is 0 Å². The number of halogens is 1. The number of amides is 1. The van der Waals surface area contributed by atoms with Crippen LogP contribution in [-0.4, -0.2) is 14.3 Å². The van der Waals surface area contributed by atoms with Gasteiger partial charge in [-0.25, -0.2) is 13.6 Å². The summed E-state index contributed by atoms with van der Waals surface area (Å²) in [6.45, 7) is 3.63. The van der Waals surface area contributed by atoms with Crippen molar-refractivity contribution in [1.82, 2.24) is 0 Å². The molecular formula is C14H19ClN2O3S. The van der Waals surface area contributed by atoms with E-state index in [0.717, 1.165) is 25.7 Å². The topological polar surface area (TPSA) is 89.3 Å². The van der Waals surface area contributed by atoms with Crippen LogP contribution in [0.4, 0.5) is 5.69 Å². The number of carbonyl (C=O) groups is 1. The minimum atomic E-state index is -3.82. The molecule has 1 aromatic rings. The van der Waals surface area contributed by atoms with Gasteiger partial charge in [0.15, 0.2) is 0 Å². The van der Waals surface area contributed by atoms with Crippen LogP contribution in [0.5, 0.6) is 0 Å². The normalized spacial score (nSPS) is 17.7. The first kappa shape index (κ1) is 16.3. The first-order valence-corrected chi connectivity index (χ1v) is 8.70. The number of hydrogen-bond donors (Lipinski definition) is 2. The van der Waals surface area contributed by atoms with Crippen LogP contribution in [0.2, 0.25) is 5.02 Å². The molecule has 0 spiro atoms. The van der Waals surface area contributed by atoms with Crippen molar-refractivity contribution in [2.75, 3.05) is 5.32 Å². The minimum Gasteiger partial charge on any atom is -0.324 e. The summed E-state index contributed by atoms with van der Waals surface area (Å²) in [6.07, 6.45) is 3.79. The van der Waals surface area contributed by atoms with Crippen LogP contribution in [0, 0.1) is 12.3 Å².